The summed E-state index contributed by atoms with van der Waals surface area (Å²) in [5, 5.41) is 4.10. The summed E-state index contributed by atoms with van der Waals surface area (Å²) in [6.45, 7) is 5.61. The van der Waals surface area contributed by atoms with Gasteiger partial charge in [0.15, 0.2) is 0 Å². The minimum atomic E-state index is -3.77. The summed E-state index contributed by atoms with van der Waals surface area (Å²) in [7, 11) is -2.43. The van der Waals surface area contributed by atoms with Crippen molar-refractivity contribution >= 4 is 21.7 Å². The molecule has 1 aliphatic carbocycles. The Morgan fingerprint density at radius 1 is 1.33 bits per heavy atom. The highest BCUT2D eigenvalue weighted by Gasteiger charge is 2.47. The highest BCUT2D eigenvalue weighted by atomic mass is 32.2. The number of rotatable bonds is 4. The van der Waals surface area contributed by atoms with Gasteiger partial charge in [-0.05, 0) is 51.2 Å². The molecule has 0 aliphatic heterocycles. The van der Waals surface area contributed by atoms with Gasteiger partial charge in [-0.15, -0.1) is 0 Å². The molecule has 0 radical (unpaired) electrons. The smallest absolute Gasteiger partial charge is 0.317 e. The van der Waals surface area contributed by atoms with Crippen molar-refractivity contribution in [3.05, 3.63) is 29.8 Å². The number of hydrogen-bond acceptors (Lipinski definition) is 5. The number of esters is 1. The van der Waals surface area contributed by atoms with Crippen molar-refractivity contribution in [3.63, 3.8) is 0 Å². The second kappa shape index (κ2) is 6.93. The maximum atomic E-state index is 12.4. The summed E-state index contributed by atoms with van der Waals surface area (Å²) < 4.78 is 29.7. The van der Waals surface area contributed by atoms with Gasteiger partial charge in [0.1, 0.15) is 5.41 Å². The molecule has 0 bridgehead atoms. The van der Waals surface area contributed by atoms with Crippen LogP contribution in [-0.4, -0.2) is 27.2 Å². The first-order valence-corrected chi connectivity index (χ1v) is 9.44. The molecule has 0 amide bonds. The zero-order valence-corrected chi connectivity index (χ0v) is 15.3. The quantitative estimate of drug-likeness (QED) is 0.667. The average molecular weight is 352 g/mol. The molecule has 7 heteroatoms. The van der Waals surface area contributed by atoms with Gasteiger partial charge < -0.3 is 4.74 Å². The largest absolute Gasteiger partial charge is 0.468 e. The fraction of sp³-hybridized carbons (Fsp3) is 0.529. The number of sulfonamides is 1. The van der Waals surface area contributed by atoms with E-state index < -0.39 is 15.4 Å². The summed E-state index contributed by atoms with van der Waals surface area (Å²) in [6, 6.07) is 6.51. The third kappa shape index (κ3) is 3.45. The van der Waals surface area contributed by atoms with E-state index in [1.54, 1.807) is 19.1 Å². The van der Waals surface area contributed by atoms with Crippen LogP contribution in [-0.2, 0) is 19.6 Å². The number of ether oxygens (including phenoxy) is 1. The lowest BCUT2D eigenvalue weighted by atomic mass is 9.67. The molecule has 1 aromatic rings. The lowest BCUT2D eigenvalue weighted by molar-refractivity contribution is -0.150. The number of nitrogens with one attached hydrogen (secondary N) is 1. The Kier molecular flexibility index (Phi) is 5.32. The minimum Gasteiger partial charge on any atom is -0.468 e. The Morgan fingerprint density at radius 3 is 2.54 bits per heavy atom. The second-order valence-corrected chi connectivity index (χ2v) is 8.11. The molecule has 0 spiro atoms. The summed E-state index contributed by atoms with van der Waals surface area (Å²) in [5.74, 6) is -0.357. The Balaban J connectivity index is 2.31. The van der Waals surface area contributed by atoms with Crippen LogP contribution < -0.4 is 4.83 Å². The van der Waals surface area contributed by atoms with Gasteiger partial charge in [-0.1, -0.05) is 24.6 Å². The fourth-order valence-electron chi connectivity index (χ4n) is 3.00. The molecule has 2 atom stereocenters. The highest BCUT2D eigenvalue weighted by molar-refractivity contribution is 7.89. The van der Waals surface area contributed by atoms with Crippen LogP contribution >= 0.6 is 0 Å². The standard InChI is InChI=1S/C17H24N2O4S/c1-12-8-10-14(11-9-12)24(21,22)19-18-15-7-5-6-13(2)17(15,3)16(20)23-4/h8-11,13,19H,5-7H2,1-4H3/b18-15-/t13-,17+/m0/s1. The van der Waals surface area contributed by atoms with Crippen molar-refractivity contribution in [3.8, 4) is 0 Å². The normalized spacial score (nSPS) is 26.2. The van der Waals surface area contributed by atoms with Gasteiger partial charge in [0.25, 0.3) is 10.0 Å². The van der Waals surface area contributed by atoms with Crippen molar-refractivity contribution < 1.29 is 17.9 Å². The van der Waals surface area contributed by atoms with Gasteiger partial charge in [-0.2, -0.15) is 13.5 Å². The molecule has 2 rings (SSSR count). The zero-order valence-electron chi connectivity index (χ0n) is 14.5. The predicted octanol–water partition coefficient (Wildman–Crippen LogP) is 2.63. The Bertz CT molecular complexity index is 740. The second-order valence-electron chi connectivity index (χ2n) is 6.45. The predicted molar refractivity (Wildman–Crippen MR) is 92.1 cm³/mol. The Hall–Kier alpha value is -1.89. The SMILES string of the molecule is COC(=O)[C@@]1(C)/C(=N\NS(=O)(=O)c2ccc(C)cc2)CCC[C@@H]1C. The van der Waals surface area contributed by atoms with Gasteiger partial charge in [0.2, 0.25) is 0 Å². The number of aryl methyl sites for hydroxylation is 1. The van der Waals surface area contributed by atoms with Gasteiger partial charge in [-0.25, -0.2) is 4.83 Å². The van der Waals surface area contributed by atoms with Crippen LogP contribution in [0.4, 0.5) is 0 Å². The first kappa shape index (κ1) is 18.4. The van der Waals surface area contributed by atoms with Crippen LogP contribution in [0.5, 0.6) is 0 Å². The summed E-state index contributed by atoms with van der Waals surface area (Å²) in [6.07, 6.45) is 2.29. The van der Waals surface area contributed by atoms with E-state index in [0.29, 0.717) is 12.1 Å². The zero-order chi connectivity index (χ0) is 18.0. The minimum absolute atomic E-state index is 0.0290. The molecule has 1 fully saturated rings. The number of hydrazone groups is 1. The molecule has 1 N–H and O–H groups in total. The molecule has 1 aliphatic rings. The van der Waals surface area contributed by atoms with E-state index in [1.807, 2.05) is 13.8 Å². The molecule has 6 nitrogen and oxygen atoms in total. The van der Waals surface area contributed by atoms with E-state index in [-0.39, 0.29) is 16.8 Å². The van der Waals surface area contributed by atoms with E-state index in [4.69, 9.17) is 4.74 Å². The van der Waals surface area contributed by atoms with Crippen LogP contribution in [0, 0.1) is 18.3 Å². The average Bonchev–Trinajstić information content (AvgIpc) is 2.55. The number of carbonyl (C=O) groups is 1. The van der Waals surface area contributed by atoms with Gasteiger partial charge in [-0.3, -0.25) is 4.79 Å². The number of nitrogens with zero attached hydrogens (tertiary/aromatic N) is 1. The van der Waals surface area contributed by atoms with E-state index in [1.165, 1.54) is 19.2 Å². The topological polar surface area (TPSA) is 84.8 Å². The van der Waals surface area contributed by atoms with E-state index >= 15 is 0 Å². The van der Waals surface area contributed by atoms with Crippen molar-refractivity contribution in [2.24, 2.45) is 16.4 Å². The van der Waals surface area contributed by atoms with Crippen LogP contribution in [0.25, 0.3) is 0 Å². The molecule has 0 saturated heterocycles. The lowest BCUT2D eigenvalue weighted by Crippen LogP contribution is -2.46. The first-order chi connectivity index (χ1) is 11.2. The number of hydrogen-bond donors (Lipinski definition) is 1. The Labute approximate surface area is 143 Å². The van der Waals surface area contributed by atoms with Crippen molar-refractivity contribution in [1.29, 1.82) is 0 Å². The van der Waals surface area contributed by atoms with Gasteiger partial charge >= 0.3 is 5.97 Å². The van der Waals surface area contributed by atoms with Crippen molar-refractivity contribution in [2.75, 3.05) is 7.11 Å². The van der Waals surface area contributed by atoms with Gasteiger partial charge in [0.05, 0.1) is 17.7 Å². The van der Waals surface area contributed by atoms with E-state index in [2.05, 4.69) is 9.93 Å². The van der Waals surface area contributed by atoms with Crippen molar-refractivity contribution in [1.82, 2.24) is 4.83 Å². The van der Waals surface area contributed by atoms with Crippen molar-refractivity contribution in [2.45, 2.75) is 44.9 Å². The third-order valence-electron chi connectivity index (χ3n) is 4.88. The maximum Gasteiger partial charge on any atom is 0.317 e. The van der Waals surface area contributed by atoms with E-state index in [9.17, 15) is 13.2 Å². The lowest BCUT2D eigenvalue weighted by Gasteiger charge is -2.37. The molecular weight excluding hydrogens is 328 g/mol. The maximum absolute atomic E-state index is 12.4. The summed E-state index contributed by atoms with van der Waals surface area (Å²) in [5.41, 5.74) is 0.575. The highest BCUT2D eigenvalue weighted by Crippen LogP contribution is 2.39. The van der Waals surface area contributed by atoms with Crippen LogP contribution in [0.3, 0.4) is 0 Å². The summed E-state index contributed by atoms with van der Waals surface area (Å²) in [4.78, 5) is 14.7. The van der Waals surface area contributed by atoms with E-state index in [0.717, 1.165) is 18.4 Å². The van der Waals surface area contributed by atoms with Crippen LogP contribution in [0.1, 0.15) is 38.7 Å². The first-order valence-electron chi connectivity index (χ1n) is 7.95. The Morgan fingerprint density at radius 2 is 1.96 bits per heavy atom. The molecule has 0 heterocycles. The molecule has 1 aromatic carbocycles. The summed E-state index contributed by atoms with van der Waals surface area (Å²) >= 11 is 0. The molecule has 1 saturated carbocycles. The van der Waals surface area contributed by atoms with Crippen LogP contribution in [0.15, 0.2) is 34.3 Å². The molecule has 0 unspecified atom stereocenters. The van der Waals surface area contributed by atoms with Crippen LogP contribution in [0.2, 0.25) is 0 Å². The third-order valence-corrected chi connectivity index (χ3v) is 6.10. The number of benzene rings is 1. The molecule has 0 aromatic heterocycles. The molecular formula is C17H24N2O4S. The molecule has 132 valence electrons. The molecule has 24 heavy (non-hydrogen) atoms. The fourth-order valence-corrected chi connectivity index (χ4v) is 3.83. The van der Waals surface area contributed by atoms with Gasteiger partial charge in [0, 0.05) is 0 Å². The monoisotopic (exact) mass is 352 g/mol. The number of carbonyl (C=O) groups excluding carboxylic acids is 1. The number of methoxy groups -OCH3 is 1.